The fraction of sp³-hybridized carbons (Fsp3) is 0.333. The minimum absolute atomic E-state index is 0.00925. The number of halogens is 3. The lowest BCUT2D eigenvalue weighted by Crippen LogP contribution is -2.51. The number of benzene rings is 2. The summed E-state index contributed by atoms with van der Waals surface area (Å²) in [7, 11) is -2.42. The highest BCUT2D eigenvalue weighted by Crippen LogP contribution is 2.33. The van der Waals surface area contributed by atoms with Crippen molar-refractivity contribution < 1.29 is 18.0 Å². The number of anilines is 1. The van der Waals surface area contributed by atoms with E-state index in [4.69, 9.17) is 34.8 Å². The van der Waals surface area contributed by atoms with Crippen molar-refractivity contribution in [1.29, 1.82) is 0 Å². The smallest absolute Gasteiger partial charge is 0.244 e. The van der Waals surface area contributed by atoms with E-state index in [9.17, 15) is 18.0 Å². The first-order valence-corrected chi connectivity index (χ1v) is 12.6. The van der Waals surface area contributed by atoms with Gasteiger partial charge in [0.05, 0.1) is 22.0 Å². The molecule has 174 valence electrons. The van der Waals surface area contributed by atoms with Gasteiger partial charge in [0, 0.05) is 18.6 Å². The van der Waals surface area contributed by atoms with Crippen molar-refractivity contribution in [1.82, 2.24) is 10.2 Å². The number of hydrogen-bond donors (Lipinski definition) is 1. The molecule has 2 aromatic carbocycles. The highest BCUT2D eigenvalue weighted by Gasteiger charge is 2.32. The molecule has 7 nitrogen and oxygen atoms in total. The monoisotopic (exact) mass is 519 g/mol. The summed E-state index contributed by atoms with van der Waals surface area (Å²) in [6, 6.07) is 10.5. The summed E-state index contributed by atoms with van der Waals surface area (Å²) in [5.41, 5.74) is 0.811. The number of carbonyl (C=O) groups excluding carboxylic acids is 2. The van der Waals surface area contributed by atoms with Gasteiger partial charge in [-0.15, -0.1) is 0 Å². The summed E-state index contributed by atoms with van der Waals surface area (Å²) in [5, 5.41) is 3.25. The van der Waals surface area contributed by atoms with Crippen LogP contribution in [-0.4, -0.2) is 51.0 Å². The molecule has 11 heteroatoms. The van der Waals surface area contributed by atoms with Gasteiger partial charge in [0.25, 0.3) is 0 Å². The lowest BCUT2D eigenvalue weighted by Gasteiger charge is -2.32. The average molecular weight is 521 g/mol. The van der Waals surface area contributed by atoms with Crippen LogP contribution in [-0.2, 0) is 26.2 Å². The van der Waals surface area contributed by atoms with Crippen LogP contribution in [0.1, 0.15) is 18.9 Å². The Hall–Kier alpha value is -2.00. The molecule has 0 aromatic heterocycles. The van der Waals surface area contributed by atoms with E-state index in [0.29, 0.717) is 11.4 Å². The van der Waals surface area contributed by atoms with Crippen molar-refractivity contribution in [3.8, 4) is 0 Å². The molecular formula is C21H24Cl3N3O4S. The van der Waals surface area contributed by atoms with Gasteiger partial charge in [0.2, 0.25) is 21.8 Å². The van der Waals surface area contributed by atoms with Gasteiger partial charge in [-0.3, -0.25) is 13.9 Å². The summed E-state index contributed by atoms with van der Waals surface area (Å²) >= 11 is 18.2. The van der Waals surface area contributed by atoms with Crippen molar-refractivity contribution in [3.63, 3.8) is 0 Å². The molecule has 0 aliphatic carbocycles. The van der Waals surface area contributed by atoms with Crippen LogP contribution in [0.15, 0.2) is 42.5 Å². The maximum atomic E-state index is 13.4. The van der Waals surface area contributed by atoms with Gasteiger partial charge in [-0.05, 0) is 36.2 Å². The predicted molar refractivity (Wildman–Crippen MR) is 129 cm³/mol. The zero-order valence-corrected chi connectivity index (χ0v) is 20.9. The van der Waals surface area contributed by atoms with Crippen LogP contribution < -0.4 is 9.62 Å². The van der Waals surface area contributed by atoms with Gasteiger partial charge in [0.15, 0.2) is 0 Å². The van der Waals surface area contributed by atoms with E-state index in [1.807, 2.05) is 0 Å². The number of amides is 2. The Kier molecular flexibility index (Phi) is 9.21. The van der Waals surface area contributed by atoms with Crippen LogP contribution in [0.2, 0.25) is 15.1 Å². The van der Waals surface area contributed by atoms with Crippen molar-refractivity contribution in [2.75, 3.05) is 24.2 Å². The Bertz CT molecular complexity index is 1080. The van der Waals surface area contributed by atoms with Gasteiger partial charge in [0.1, 0.15) is 12.6 Å². The fourth-order valence-corrected chi connectivity index (χ4v) is 4.58. The molecule has 0 heterocycles. The molecule has 0 saturated heterocycles. The molecule has 0 spiro atoms. The zero-order valence-electron chi connectivity index (χ0n) is 17.8. The molecule has 0 bridgehead atoms. The predicted octanol–water partition coefficient (Wildman–Crippen LogP) is 3.97. The second-order valence-electron chi connectivity index (χ2n) is 7.03. The summed E-state index contributed by atoms with van der Waals surface area (Å²) in [6.45, 7) is 1.30. The molecule has 0 radical (unpaired) electrons. The van der Waals surface area contributed by atoms with Crippen molar-refractivity contribution in [2.24, 2.45) is 0 Å². The molecule has 1 N–H and O–H groups in total. The average Bonchev–Trinajstić information content (AvgIpc) is 2.74. The number of nitrogens with zero attached hydrogens (tertiary/aromatic N) is 2. The molecular weight excluding hydrogens is 497 g/mol. The first-order chi connectivity index (χ1) is 15.0. The minimum atomic E-state index is -3.90. The lowest BCUT2D eigenvalue weighted by atomic mass is 10.1. The van der Waals surface area contributed by atoms with Crippen LogP contribution in [0, 0.1) is 0 Å². The largest absolute Gasteiger partial charge is 0.357 e. The topological polar surface area (TPSA) is 86.8 Å². The minimum Gasteiger partial charge on any atom is -0.357 e. The van der Waals surface area contributed by atoms with Gasteiger partial charge in [-0.2, -0.15) is 0 Å². The Morgan fingerprint density at radius 3 is 2.22 bits per heavy atom. The summed E-state index contributed by atoms with van der Waals surface area (Å²) in [5.74, 6) is -0.932. The van der Waals surface area contributed by atoms with Crippen LogP contribution >= 0.6 is 34.8 Å². The van der Waals surface area contributed by atoms with E-state index >= 15 is 0 Å². The van der Waals surface area contributed by atoms with E-state index < -0.39 is 28.5 Å². The molecule has 0 saturated carbocycles. The number of sulfonamides is 1. The van der Waals surface area contributed by atoms with Gasteiger partial charge in [-0.25, -0.2) is 8.42 Å². The molecule has 2 aromatic rings. The molecule has 0 aliphatic heterocycles. The Balaban J connectivity index is 2.46. The third-order valence-corrected chi connectivity index (χ3v) is 6.96. The standard InChI is InChI=1S/C21H24Cl3N3O4S/c1-4-17(21(29)25-2)26(12-14-8-10-15(22)11-9-14)19(28)13-27(32(3,30)31)18-7-5-6-16(23)20(18)24/h5-11,17H,4,12-13H2,1-3H3,(H,25,29). The van der Waals surface area contributed by atoms with Crippen LogP contribution in [0.25, 0.3) is 0 Å². The first kappa shape index (κ1) is 26.3. The molecule has 1 unspecified atom stereocenters. The number of nitrogens with one attached hydrogen (secondary N) is 1. The zero-order chi connectivity index (χ0) is 24.1. The van der Waals surface area contributed by atoms with E-state index in [0.717, 1.165) is 16.1 Å². The van der Waals surface area contributed by atoms with E-state index in [1.54, 1.807) is 31.2 Å². The summed E-state index contributed by atoms with van der Waals surface area (Å²) in [6.07, 6.45) is 1.30. The number of likely N-dealkylation sites (N-methyl/N-ethyl adjacent to an activating group) is 1. The van der Waals surface area contributed by atoms with Crippen molar-refractivity contribution in [3.05, 3.63) is 63.1 Å². The van der Waals surface area contributed by atoms with Crippen LogP contribution in [0.5, 0.6) is 0 Å². The first-order valence-electron chi connectivity index (χ1n) is 9.66. The van der Waals surface area contributed by atoms with Crippen molar-refractivity contribution in [2.45, 2.75) is 25.9 Å². The molecule has 1 atom stereocenters. The quantitative estimate of drug-likeness (QED) is 0.542. The Morgan fingerprint density at radius 1 is 1.06 bits per heavy atom. The number of hydrogen-bond acceptors (Lipinski definition) is 4. The Labute approximate surface area is 203 Å². The van der Waals surface area contributed by atoms with Gasteiger partial charge in [-0.1, -0.05) is 59.9 Å². The van der Waals surface area contributed by atoms with E-state index in [-0.39, 0.29) is 28.2 Å². The third-order valence-electron chi connectivity index (χ3n) is 4.78. The SMILES string of the molecule is CCC(C(=O)NC)N(Cc1ccc(Cl)cc1)C(=O)CN(c1cccc(Cl)c1Cl)S(C)(=O)=O. The van der Waals surface area contributed by atoms with Crippen LogP contribution in [0.4, 0.5) is 5.69 Å². The molecule has 2 amide bonds. The lowest BCUT2D eigenvalue weighted by molar-refractivity contribution is -0.140. The Morgan fingerprint density at radius 2 is 1.69 bits per heavy atom. The molecule has 32 heavy (non-hydrogen) atoms. The normalized spacial score (nSPS) is 12.2. The summed E-state index contributed by atoms with van der Waals surface area (Å²) < 4.78 is 26.0. The second-order valence-corrected chi connectivity index (χ2v) is 10.2. The molecule has 0 fully saturated rings. The molecule has 2 rings (SSSR count). The second kappa shape index (κ2) is 11.2. The summed E-state index contributed by atoms with van der Waals surface area (Å²) in [4.78, 5) is 27.2. The van der Waals surface area contributed by atoms with E-state index in [2.05, 4.69) is 5.32 Å². The van der Waals surface area contributed by atoms with E-state index in [1.165, 1.54) is 30.1 Å². The maximum Gasteiger partial charge on any atom is 0.244 e. The molecule has 0 aliphatic rings. The number of carbonyl (C=O) groups is 2. The van der Waals surface area contributed by atoms with Gasteiger partial charge >= 0.3 is 0 Å². The van der Waals surface area contributed by atoms with Crippen molar-refractivity contribution >= 4 is 62.3 Å². The highest BCUT2D eigenvalue weighted by atomic mass is 35.5. The highest BCUT2D eigenvalue weighted by molar-refractivity contribution is 7.92. The number of rotatable bonds is 9. The fourth-order valence-electron chi connectivity index (χ4n) is 3.15. The third kappa shape index (κ3) is 6.51. The van der Waals surface area contributed by atoms with Crippen LogP contribution in [0.3, 0.4) is 0 Å². The van der Waals surface area contributed by atoms with Gasteiger partial charge < -0.3 is 10.2 Å². The maximum absolute atomic E-state index is 13.4.